The van der Waals surface area contributed by atoms with E-state index in [1.165, 1.54) is 14.9 Å². The van der Waals surface area contributed by atoms with Crippen molar-refractivity contribution in [3.63, 3.8) is 0 Å². The van der Waals surface area contributed by atoms with Crippen molar-refractivity contribution in [2.45, 2.75) is 13.1 Å². The maximum absolute atomic E-state index is 5.46. The van der Waals surface area contributed by atoms with Gasteiger partial charge in [-0.2, -0.15) is 0 Å². The van der Waals surface area contributed by atoms with Crippen LogP contribution in [0.5, 0.6) is 11.5 Å². The molecule has 0 bridgehead atoms. The molecule has 0 saturated carbocycles. The summed E-state index contributed by atoms with van der Waals surface area (Å²) in [6.45, 7) is 6.85. The molecule has 4 nitrogen and oxygen atoms in total. The molecular weight excluding hydrogens is 376 g/mol. The summed E-state index contributed by atoms with van der Waals surface area (Å²) in [5.41, 5.74) is 2.70. The van der Waals surface area contributed by atoms with Crippen LogP contribution in [0.25, 0.3) is 0 Å². The summed E-state index contributed by atoms with van der Waals surface area (Å²) in [7, 11) is 0. The van der Waals surface area contributed by atoms with E-state index in [1.807, 2.05) is 6.07 Å². The van der Waals surface area contributed by atoms with Crippen LogP contribution in [0.4, 0.5) is 0 Å². The van der Waals surface area contributed by atoms with Gasteiger partial charge in [0.1, 0.15) is 0 Å². The third-order valence-corrected chi connectivity index (χ3v) is 5.89. The predicted octanol–water partition coefficient (Wildman–Crippen LogP) is 3.56. The van der Waals surface area contributed by atoms with Crippen molar-refractivity contribution < 1.29 is 9.47 Å². The number of hydrogen-bond acceptors (Lipinski definition) is 5. The van der Waals surface area contributed by atoms with Crippen molar-refractivity contribution in [2.24, 2.45) is 0 Å². The van der Waals surface area contributed by atoms with E-state index in [4.69, 9.17) is 9.47 Å². The maximum atomic E-state index is 5.46. The number of halogens is 1. The van der Waals surface area contributed by atoms with Crippen molar-refractivity contribution in [3.05, 3.63) is 44.6 Å². The molecule has 23 heavy (non-hydrogen) atoms. The van der Waals surface area contributed by atoms with Gasteiger partial charge < -0.3 is 9.47 Å². The van der Waals surface area contributed by atoms with Gasteiger partial charge in [0.05, 0.1) is 3.79 Å². The Morgan fingerprint density at radius 3 is 2.30 bits per heavy atom. The van der Waals surface area contributed by atoms with E-state index in [9.17, 15) is 0 Å². The number of ether oxygens (including phenoxy) is 2. The molecule has 0 atom stereocenters. The number of nitrogens with zero attached hydrogens (tertiary/aromatic N) is 2. The predicted molar refractivity (Wildman–Crippen MR) is 95.1 cm³/mol. The van der Waals surface area contributed by atoms with Gasteiger partial charge >= 0.3 is 0 Å². The molecule has 0 aliphatic carbocycles. The number of piperazine rings is 1. The summed E-state index contributed by atoms with van der Waals surface area (Å²) >= 11 is 5.30. The van der Waals surface area contributed by atoms with Crippen LogP contribution in [0.15, 0.2) is 33.4 Å². The van der Waals surface area contributed by atoms with Crippen molar-refractivity contribution in [1.82, 2.24) is 9.80 Å². The lowest BCUT2D eigenvalue weighted by molar-refractivity contribution is 0.122. The molecule has 0 amide bonds. The van der Waals surface area contributed by atoms with Gasteiger partial charge in [-0.3, -0.25) is 9.80 Å². The third kappa shape index (κ3) is 3.71. The summed E-state index contributed by atoms with van der Waals surface area (Å²) in [4.78, 5) is 5.04. The quantitative estimate of drug-likeness (QED) is 0.791. The molecule has 1 aromatic heterocycles. The molecule has 2 aromatic rings. The first-order chi connectivity index (χ1) is 11.3. The lowest BCUT2D eigenvalue weighted by Crippen LogP contribution is -2.45. The second-order valence-corrected chi connectivity index (χ2v) is 8.29. The van der Waals surface area contributed by atoms with Gasteiger partial charge in [0.2, 0.25) is 6.79 Å². The molecule has 122 valence electrons. The standard InChI is InChI=1S/C17H19BrN2O2S/c18-17-8-14(11-23-17)10-20-5-3-19(4-6-20)9-13-1-2-15-16(7-13)22-12-21-15/h1-2,7-8,11H,3-6,9-10,12H2. The Morgan fingerprint density at radius 2 is 1.61 bits per heavy atom. The molecule has 4 rings (SSSR count). The topological polar surface area (TPSA) is 24.9 Å². The van der Waals surface area contributed by atoms with E-state index in [1.54, 1.807) is 11.3 Å². The van der Waals surface area contributed by atoms with Crippen LogP contribution in [-0.2, 0) is 13.1 Å². The van der Waals surface area contributed by atoms with E-state index in [-0.39, 0.29) is 0 Å². The number of fused-ring (bicyclic) bond motifs is 1. The van der Waals surface area contributed by atoms with Crippen LogP contribution in [0.2, 0.25) is 0 Å². The third-order valence-electron chi connectivity index (χ3n) is 4.34. The van der Waals surface area contributed by atoms with Crippen LogP contribution in [0.3, 0.4) is 0 Å². The van der Waals surface area contributed by atoms with E-state index in [0.717, 1.165) is 50.8 Å². The molecule has 0 N–H and O–H groups in total. The van der Waals surface area contributed by atoms with Gasteiger partial charge in [-0.15, -0.1) is 11.3 Å². The molecule has 3 heterocycles. The van der Waals surface area contributed by atoms with Gasteiger partial charge in [-0.05, 0) is 50.6 Å². The summed E-state index contributed by atoms with van der Waals surface area (Å²) in [5.74, 6) is 1.74. The molecule has 1 saturated heterocycles. The molecule has 0 spiro atoms. The van der Waals surface area contributed by atoms with Crippen molar-refractivity contribution in [3.8, 4) is 11.5 Å². The molecule has 1 fully saturated rings. The van der Waals surface area contributed by atoms with E-state index in [2.05, 4.69) is 49.3 Å². The van der Waals surface area contributed by atoms with Crippen molar-refractivity contribution in [1.29, 1.82) is 0 Å². The second-order valence-electron chi connectivity index (χ2n) is 6.00. The van der Waals surface area contributed by atoms with E-state index >= 15 is 0 Å². The molecular formula is C17H19BrN2O2S. The minimum absolute atomic E-state index is 0.343. The SMILES string of the molecule is Brc1cc(CN2CCN(Cc3ccc4c(c3)OCO4)CC2)cs1. The summed E-state index contributed by atoms with van der Waals surface area (Å²) in [6.07, 6.45) is 0. The Balaban J connectivity index is 1.29. The smallest absolute Gasteiger partial charge is 0.231 e. The first-order valence-corrected chi connectivity index (χ1v) is 9.50. The molecule has 2 aliphatic rings. The molecule has 6 heteroatoms. The Labute approximate surface area is 148 Å². The number of benzene rings is 1. The first-order valence-electron chi connectivity index (χ1n) is 7.82. The second kappa shape index (κ2) is 6.81. The lowest BCUT2D eigenvalue weighted by atomic mass is 10.1. The van der Waals surface area contributed by atoms with E-state index in [0.29, 0.717) is 6.79 Å². The number of rotatable bonds is 4. The van der Waals surface area contributed by atoms with Gasteiger partial charge in [0.15, 0.2) is 11.5 Å². The number of thiophene rings is 1. The highest BCUT2D eigenvalue weighted by Crippen LogP contribution is 2.32. The fraction of sp³-hybridized carbons (Fsp3) is 0.412. The molecule has 0 unspecified atom stereocenters. The van der Waals surface area contributed by atoms with E-state index < -0.39 is 0 Å². The maximum Gasteiger partial charge on any atom is 0.231 e. The molecule has 2 aliphatic heterocycles. The van der Waals surface area contributed by atoms with Gasteiger partial charge in [-0.1, -0.05) is 6.07 Å². The van der Waals surface area contributed by atoms with Crippen LogP contribution in [0, 0.1) is 0 Å². The zero-order valence-corrected chi connectivity index (χ0v) is 15.2. The fourth-order valence-corrected chi connectivity index (χ4v) is 4.29. The van der Waals surface area contributed by atoms with Gasteiger partial charge in [0, 0.05) is 39.3 Å². The van der Waals surface area contributed by atoms with Crippen LogP contribution in [-0.4, -0.2) is 42.8 Å². The van der Waals surface area contributed by atoms with Crippen molar-refractivity contribution in [2.75, 3.05) is 33.0 Å². The minimum Gasteiger partial charge on any atom is -0.454 e. The average molecular weight is 395 g/mol. The number of hydrogen-bond donors (Lipinski definition) is 0. The highest BCUT2D eigenvalue weighted by molar-refractivity contribution is 9.11. The highest BCUT2D eigenvalue weighted by atomic mass is 79.9. The zero-order chi connectivity index (χ0) is 15.6. The Morgan fingerprint density at radius 1 is 0.913 bits per heavy atom. The van der Waals surface area contributed by atoms with Crippen molar-refractivity contribution >= 4 is 27.3 Å². The van der Waals surface area contributed by atoms with Crippen LogP contribution >= 0.6 is 27.3 Å². The molecule has 0 radical (unpaired) electrons. The lowest BCUT2D eigenvalue weighted by Gasteiger charge is -2.34. The fourth-order valence-electron chi connectivity index (χ4n) is 3.09. The normalized spacial score (nSPS) is 18.5. The Kier molecular flexibility index (Phi) is 4.57. The zero-order valence-electron chi connectivity index (χ0n) is 12.8. The minimum atomic E-state index is 0.343. The largest absolute Gasteiger partial charge is 0.454 e. The van der Waals surface area contributed by atoms with Gasteiger partial charge in [0.25, 0.3) is 0 Å². The Bertz CT molecular complexity index is 683. The average Bonchev–Trinajstić information content (AvgIpc) is 3.17. The highest BCUT2D eigenvalue weighted by Gasteiger charge is 2.19. The van der Waals surface area contributed by atoms with Crippen LogP contribution < -0.4 is 9.47 Å². The van der Waals surface area contributed by atoms with Gasteiger partial charge in [-0.25, -0.2) is 0 Å². The summed E-state index contributed by atoms with van der Waals surface area (Å²) in [5, 5.41) is 2.24. The summed E-state index contributed by atoms with van der Waals surface area (Å²) < 4.78 is 12.0. The van der Waals surface area contributed by atoms with Crippen LogP contribution in [0.1, 0.15) is 11.1 Å². The monoisotopic (exact) mass is 394 g/mol. The summed E-state index contributed by atoms with van der Waals surface area (Å²) in [6, 6.07) is 8.49. The Hall–Kier alpha value is -1.08. The first kappa shape index (κ1) is 15.4. The molecule has 1 aromatic carbocycles.